The van der Waals surface area contributed by atoms with Gasteiger partial charge in [0.05, 0.1) is 6.42 Å². The van der Waals surface area contributed by atoms with Crippen molar-refractivity contribution >= 4 is 5.97 Å². The van der Waals surface area contributed by atoms with Gasteiger partial charge < -0.3 is 0 Å². The van der Waals surface area contributed by atoms with E-state index in [0.717, 1.165) is 19.3 Å². The molecule has 17 heavy (non-hydrogen) atoms. The molecular formula is C11H21ClO5. The van der Waals surface area contributed by atoms with Crippen molar-refractivity contribution in [3.63, 3.8) is 0 Å². The smallest absolute Gasteiger partial charge is 0.234 e. The van der Waals surface area contributed by atoms with Gasteiger partial charge in [0.25, 0.3) is 0 Å². The minimum atomic E-state index is -4.62. The highest BCUT2D eigenvalue weighted by molar-refractivity contribution is 5.68. The van der Waals surface area contributed by atoms with E-state index < -0.39 is 16.2 Å². The van der Waals surface area contributed by atoms with E-state index >= 15 is 0 Å². The van der Waals surface area contributed by atoms with Crippen LogP contribution in [0.5, 0.6) is 0 Å². The van der Waals surface area contributed by atoms with Crippen molar-refractivity contribution in [3.8, 4) is 0 Å². The lowest BCUT2D eigenvalue weighted by Crippen LogP contribution is -2.61. The molecule has 0 aromatic heterocycles. The second-order valence-corrected chi connectivity index (χ2v) is 4.96. The summed E-state index contributed by atoms with van der Waals surface area (Å²) in [6, 6.07) is 0. The van der Waals surface area contributed by atoms with Gasteiger partial charge in [0, 0.05) is 0 Å². The molecule has 0 radical (unpaired) electrons. The summed E-state index contributed by atoms with van der Waals surface area (Å²) < 4.78 is 33.8. The first kappa shape index (κ1) is 16.6. The zero-order valence-corrected chi connectivity index (χ0v) is 11.0. The molecule has 0 saturated heterocycles. The molecule has 0 aliphatic rings. The fraction of sp³-hybridized carbons (Fsp3) is 0.909. The van der Waals surface area contributed by atoms with Crippen LogP contribution in [0.1, 0.15) is 64.7 Å². The van der Waals surface area contributed by atoms with E-state index in [0.29, 0.717) is 6.42 Å². The molecule has 0 amide bonds. The van der Waals surface area contributed by atoms with Gasteiger partial charge in [-0.25, -0.2) is 4.79 Å². The lowest BCUT2D eigenvalue weighted by Gasteiger charge is -2.10. The summed E-state index contributed by atoms with van der Waals surface area (Å²) in [5.41, 5.74) is 0. The Bertz CT molecular complexity index is 203. The summed E-state index contributed by atoms with van der Waals surface area (Å²) in [6.07, 6.45) is 8.49. The van der Waals surface area contributed by atoms with E-state index in [1.807, 2.05) is 0 Å². The zero-order chi connectivity index (χ0) is 13.1. The predicted molar refractivity (Wildman–Crippen MR) is 53.3 cm³/mol. The van der Waals surface area contributed by atoms with E-state index in [4.69, 9.17) is 0 Å². The van der Waals surface area contributed by atoms with Crippen LogP contribution in [-0.2, 0) is 9.08 Å². The van der Waals surface area contributed by atoms with Crippen LogP contribution in [0.25, 0.3) is 0 Å². The molecule has 0 aromatic carbocycles. The first-order valence-corrected chi connectivity index (χ1v) is 7.32. The molecule has 0 fully saturated rings. The molecule has 0 saturated carbocycles. The van der Waals surface area contributed by atoms with Crippen LogP contribution in [0.15, 0.2) is 0 Å². The number of halogens is 1. The maximum Gasteiger partial charge on any atom is 0.463 e. The second kappa shape index (κ2) is 9.65. The molecule has 0 unspecified atom stereocenters. The summed E-state index contributed by atoms with van der Waals surface area (Å²) in [5.74, 6) is -0.965. The first-order valence-electron chi connectivity index (χ1n) is 6.09. The molecule has 0 atom stereocenters. The zero-order valence-electron chi connectivity index (χ0n) is 10.3. The number of carbonyl (C=O) groups excluding carboxylic acids is 1. The SMILES string of the molecule is CCCCCCCCCCC(=O)O[Cl+3]([O-])([O-])[O-]. The molecule has 0 N–H and O–H groups in total. The van der Waals surface area contributed by atoms with Gasteiger partial charge >= 0.3 is 5.97 Å². The summed E-state index contributed by atoms with van der Waals surface area (Å²) in [7, 11) is -4.62. The second-order valence-electron chi connectivity index (χ2n) is 4.05. The van der Waals surface area contributed by atoms with Crippen LogP contribution >= 0.6 is 0 Å². The number of carbonyl (C=O) groups is 1. The van der Waals surface area contributed by atoms with Gasteiger partial charge in [-0.15, -0.1) is 0 Å². The van der Waals surface area contributed by atoms with E-state index in [1.165, 1.54) is 25.7 Å². The molecular weight excluding hydrogens is 248 g/mol. The maximum atomic E-state index is 10.8. The van der Waals surface area contributed by atoms with Crippen LogP contribution in [-0.4, -0.2) is 5.97 Å². The molecule has 0 aliphatic heterocycles. The fourth-order valence-corrected chi connectivity index (χ4v) is 1.84. The summed E-state index contributed by atoms with van der Waals surface area (Å²) in [6.45, 7) is 2.16. The summed E-state index contributed by atoms with van der Waals surface area (Å²) in [4.78, 5) is 10.8. The standard InChI is InChI=1S/C11H21ClO5/c1-2-3-4-5-6-7-8-9-10-11(13)17-12(14,15)16/h2-10H2,1H3. The lowest BCUT2D eigenvalue weighted by molar-refractivity contribution is -1.92. The van der Waals surface area contributed by atoms with Gasteiger partial charge in [0.2, 0.25) is 0 Å². The molecule has 6 heteroatoms. The third kappa shape index (κ3) is 13.6. The van der Waals surface area contributed by atoms with E-state index in [9.17, 15) is 18.8 Å². The largest absolute Gasteiger partial charge is 0.463 e. The summed E-state index contributed by atoms with van der Waals surface area (Å²) in [5, 5.41) is 0. The van der Waals surface area contributed by atoms with Crippen molar-refractivity contribution < 1.29 is 33.3 Å². The molecule has 5 nitrogen and oxygen atoms in total. The monoisotopic (exact) mass is 268 g/mol. The lowest BCUT2D eigenvalue weighted by atomic mass is 10.1. The third-order valence-corrected chi connectivity index (χ3v) is 2.78. The van der Waals surface area contributed by atoms with E-state index in [1.54, 1.807) is 0 Å². The van der Waals surface area contributed by atoms with Crippen molar-refractivity contribution in [2.75, 3.05) is 0 Å². The van der Waals surface area contributed by atoms with Crippen LogP contribution in [0.3, 0.4) is 0 Å². The number of unbranched alkanes of at least 4 members (excludes halogenated alkanes) is 7. The van der Waals surface area contributed by atoms with Crippen LogP contribution in [0.2, 0.25) is 0 Å². The van der Waals surface area contributed by atoms with E-state index in [2.05, 4.69) is 11.2 Å². The molecule has 0 rings (SSSR count). The Balaban J connectivity index is 3.25. The molecule has 0 bridgehead atoms. The van der Waals surface area contributed by atoms with Crippen molar-refractivity contribution in [2.24, 2.45) is 0 Å². The average molecular weight is 269 g/mol. The molecule has 0 aromatic rings. The predicted octanol–water partition coefficient (Wildman–Crippen LogP) is -0.0423. The third-order valence-electron chi connectivity index (χ3n) is 2.41. The molecule has 102 valence electrons. The highest BCUT2D eigenvalue weighted by Crippen LogP contribution is 2.10. The van der Waals surface area contributed by atoms with Gasteiger partial charge in [-0.05, 0) is 10.7 Å². The summed E-state index contributed by atoms with van der Waals surface area (Å²) >= 11 is 0. The van der Waals surface area contributed by atoms with Crippen LogP contribution < -0.4 is 14.0 Å². The van der Waals surface area contributed by atoms with Gasteiger partial charge in [0.1, 0.15) is 10.2 Å². The van der Waals surface area contributed by atoms with Gasteiger partial charge in [-0.2, -0.15) is 14.0 Å². The Kier molecular flexibility index (Phi) is 9.44. The van der Waals surface area contributed by atoms with Gasteiger partial charge in [0.15, 0.2) is 0 Å². The molecule has 0 spiro atoms. The van der Waals surface area contributed by atoms with Crippen molar-refractivity contribution in [1.82, 2.24) is 0 Å². The number of hydrogen-bond donors (Lipinski definition) is 0. The quantitative estimate of drug-likeness (QED) is 0.518. The van der Waals surface area contributed by atoms with Gasteiger partial charge in [-0.3, -0.25) is 0 Å². The Morgan fingerprint density at radius 3 is 1.88 bits per heavy atom. The average Bonchev–Trinajstić information content (AvgIpc) is 2.19. The number of hydrogen-bond acceptors (Lipinski definition) is 5. The Morgan fingerprint density at radius 1 is 0.941 bits per heavy atom. The van der Waals surface area contributed by atoms with E-state index in [-0.39, 0.29) is 6.42 Å². The first-order chi connectivity index (χ1) is 7.95. The fourth-order valence-electron chi connectivity index (χ4n) is 1.55. The maximum absolute atomic E-state index is 10.8. The highest BCUT2D eigenvalue weighted by atomic mass is 35.7. The van der Waals surface area contributed by atoms with Crippen molar-refractivity contribution in [3.05, 3.63) is 0 Å². The normalized spacial score (nSPS) is 11.5. The Labute approximate surface area is 105 Å². The topological polar surface area (TPSA) is 95.5 Å². The Hall–Kier alpha value is -0.360. The molecule has 0 aliphatic carbocycles. The minimum Gasteiger partial charge on any atom is -0.234 e. The van der Waals surface area contributed by atoms with Crippen LogP contribution in [0.4, 0.5) is 0 Å². The van der Waals surface area contributed by atoms with Crippen molar-refractivity contribution in [2.45, 2.75) is 64.7 Å². The minimum absolute atomic E-state index is 0.0105. The number of rotatable bonds is 10. The van der Waals surface area contributed by atoms with Crippen molar-refractivity contribution in [1.29, 1.82) is 0 Å². The Morgan fingerprint density at radius 2 is 1.41 bits per heavy atom. The highest BCUT2D eigenvalue weighted by Gasteiger charge is 2.24. The molecule has 0 heterocycles. The van der Waals surface area contributed by atoms with Gasteiger partial charge in [-0.1, -0.05) is 51.9 Å². The van der Waals surface area contributed by atoms with Crippen LogP contribution in [0, 0.1) is 10.2 Å².